The summed E-state index contributed by atoms with van der Waals surface area (Å²) in [4.78, 5) is 29.9. The Balaban J connectivity index is 1.36. The molecular formula is C25H20N2O6. The first-order chi connectivity index (χ1) is 16.1. The highest BCUT2D eigenvalue weighted by molar-refractivity contribution is 5.80. The summed E-state index contributed by atoms with van der Waals surface area (Å²) in [6.07, 6.45) is 0. The van der Waals surface area contributed by atoms with Crippen molar-refractivity contribution >= 4 is 16.9 Å². The van der Waals surface area contributed by atoms with Gasteiger partial charge < -0.3 is 18.9 Å². The number of aromatic nitrogens is 2. The minimum Gasteiger partial charge on any atom is -0.482 e. The molecule has 0 unspecified atom stereocenters. The Labute approximate surface area is 188 Å². The van der Waals surface area contributed by atoms with Crippen molar-refractivity contribution in [2.75, 3.05) is 13.4 Å². The van der Waals surface area contributed by atoms with Crippen molar-refractivity contribution in [3.63, 3.8) is 0 Å². The molecule has 33 heavy (non-hydrogen) atoms. The summed E-state index contributed by atoms with van der Waals surface area (Å²) in [6.45, 7) is 1.81. The van der Waals surface area contributed by atoms with E-state index in [0.717, 1.165) is 5.56 Å². The van der Waals surface area contributed by atoms with E-state index in [-0.39, 0.29) is 25.6 Å². The lowest BCUT2D eigenvalue weighted by Gasteiger charge is -2.12. The van der Waals surface area contributed by atoms with Gasteiger partial charge in [0.15, 0.2) is 18.1 Å². The van der Waals surface area contributed by atoms with Crippen LogP contribution in [0.1, 0.15) is 11.4 Å². The highest BCUT2D eigenvalue weighted by Gasteiger charge is 2.17. The van der Waals surface area contributed by atoms with Crippen LogP contribution >= 0.6 is 0 Å². The molecule has 0 atom stereocenters. The van der Waals surface area contributed by atoms with Crippen molar-refractivity contribution in [1.82, 2.24) is 9.55 Å². The van der Waals surface area contributed by atoms with Crippen molar-refractivity contribution in [2.24, 2.45) is 0 Å². The van der Waals surface area contributed by atoms with Crippen molar-refractivity contribution in [2.45, 2.75) is 13.5 Å². The van der Waals surface area contributed by atoms with Gasteiger partial charge in [-0.2, -0.15) is 0 Å². The first-order valence-corrected chi connectivity index (χ1v) is 10.3. The number of carbonyl (C=O) groups is 1. The summed E-state index contributed by atoms with van der Waals surface area (Å²) in [7, 11) is 0. The number of aryl methyl sites for hydroxylation is 1. The zero-order valence-corrected chi connectivity index (χ0v) is 17.8. The molecule has 0 saturated heterocycles. The van der Waals surface area contributed by atoms with Gasteiger partial charge in [0.25, 0.3) is 5.56 Å². The topological polar surface area (TPSA) is 88.9 Å². The van der Waals surface area contributed by atoms with Crippen molar-refractivity contribution < 1.29 is 23.7 Å². The van der Waals surface area contributed by atoms with E-state index in [9.17, 15) is 9.59 Å². The van der Waals surface area contributed by atoms with Gasteiger partial charge in [0.2, 0.25) is 6.79 Å². The molecule has 2 heterocycles. The normalized spacial score (nSPS) is 12.0. The van der Waals surface area contributed by atoms with Crippen LogP contribution in [-0.4, -0.2) is 28.9 Å². The van der Waals surface area contributed by atoms with Gasteiger partial charge in [0, 0.05) is 6.07 Å². The van der Waals surface area contributed by atoms with Gasteiger partial charge in [-0.1, -0.05) is 30.3 Å². The number of rotatable bonds is 6. The molecule has 1 aliphatic rings. The van der Waals surface area contributed by atoms with Crippen LogP contribution in [0.3, 0.4) is 0 Å². The van der Waals surface area contributed by atoms with Crippen molar-refractivity contribution in [1.29, 1.82) is 0 Å². The van der Waals surface area contributed by atoms with Gasteiger partial charge in [-0.15, -0.1) is 0 Å². The monoisotopic (exact) mass is 444 g/mol. The number of carbonyl (C=O) groups excluding carboxylic acids is 1. The number of benzene rings is 3. The molecule has 0 spiro atoms. The van der Waals surface area contributed by atoms with E-state index in [0.29, 0.717) is 39.7 Å². The number of ether oxygens (including phenoxy) is 4. The molecule has 8 nitrogen and oxygen atoms in total. The summed E-state index contributed by atoms with van der Waals surface area (Å²) < 4.78 is 23.1. The summed E-state index contributed by atoms with van der Waals surface area (Å²) in [5.74, 6) is 1.61. The molecule has 0 N–H and O–H groups in total. The van der Waals surface area contributed by atoms with Gasteiger partial charge in [-0.3, -0.25) is 9.36 Å². The molecule has 0 amide bonds. The average molecular weight is 444 g/mol. The summed E-state index contributed by atoms with van der Waals surface area (Å²) in [5.41, 5.74) is 1.79. The van der Waals surface area contributed by atoms with Gasteiger partial charge in [0.05, 0.1) is 16.6 Å². The van der Waals surface area contributed by atoms with Crippen LogP contribution in [0.4, 0.5) is 0 Å². The number of hydrogen-bond donors (Lipinski definition) is 0. The second kappa shape index (κ2) is 8.66. The fraction of sp³-hybridized carbons (Fsp3) is 0.160. The molecule has 1 aromatic heterocycles. The quantitative estimate of drug-likeness (QED) is 0.420. The first kappa shape index (κ1) is 20.6. The van der Waals surface area contributed by atoms with E-state index in [1.807, 2.05) is 30.3 Å². The van der Waals surface area contributed by atoms with E-state index < -0.39 is 5.97 Å². The summed E-state index contributed by atoms with van der Waals surface area (Å²) in [6, 6.07) is 19.6. The second-order valence-corrected chi connectivity index (χ2v) is 7.45. The Bertz CT molecular complexity index is 1400. The predicted octanol–water partition coefficient (Wildman–Crippen LogP) is 3.55. The molecular weight excluding hydrogens is 424 g/mol. The molecule has 166 valence electrons. The standard InChI is InChI=1S/C25H20N2O6/c1-16-26-21-9-8-19(30-14-24(28)31-13-17-5-3-2-4-6-17)12-20(21)25(29)27(16)18-7-10-22-23(11-18)33-15-32-22/h2-12H,13-15H2,1H3. The van der Waals surface area contributed by atoms with E-state index in [2.05, 4.69) is 4.98 Å². The largest absolute Gasteiger partial charge is 0.482 e. The Kier molecular flexibility index (Phi) is 5.40. The summed E-state index contributed by atoms with van der Waals surface area (Å²) in [5, 5.41) is 0.369. The third kappa shape index (κ3) is 4.23. The fourth-order valence-corrected chi connectivity index (χ4v) is 3.62. The smallest absolute Gasteiger partial charge is 0.344 e. The minimum absolute atomic E-state index is 0.150. The zero-order valence-electron chi connectivity index (χ0n) is 17.8. The molecule has 8 heteroatoms. The third-order valence-electron chi connectivity index (χ3n) is 5.22. The third-order valence-corrected chi connectivity index (χ3v) is 5.22. The lowest BCUT2D eigenvalue weighted by molar-refractivity contribution is -0.147. The SMILES string of the molecule is Cc1nc2ccc(OCC(=O)OCc3ccccc3)cc2c(=O)n1-c1ccc2c(c1)OCO2. The maximum atomic E-state index is 13.3. The molecule has 0 fully saturated rings. The van der Waals surface area contributed by atoms with E-state index >= 15 is 0 Å². The number of hydrogen-bond acceptors (Lipinski definition) is 7. The van der Waals surface area contributed by atoms with Gasteiger partial charge in [-0.05, 0) is 42.8 Å². The van der Waals surface area contributed by atoms with Crippen LogP contribution < -0.4 is 19.8 Å². The molecule has 0 aliphatic carbocycles. The Morgan fingerprint density at radius 3 is 2.70 bits per heavy atom. The van der Waals surface area contributed by atoms with Gasteiger partial charge in [-0.25, -0.2) is 9.78 Å². The molecule has 0 saturated carbocycles. The highest BCUT2D eigenvalue weighted by Crippen LogP contribution is 2.33. The molecule has 0 bridgehead atoms. The molecule has 5 rings (SSSR count). The van der Waals surface area contributed by atoms with E-state index in [4.69, 9.17) is 18.9 Å². The van der Waals surface area contributed by atoms with Crippen LogP contribution in [-0.2, 0) is 16.1 Å². The maximum absolute atomic E-state index is 13.3. The molecule has 4 aromatic rings. The maximum Gasteiger partial charge on any atom is 0.344 e. The number of fused-ring (bicyclic) bond motifs is 2. The predicted molar refractivity (Wildman–Crippen MR) is 120 cm³/mol. The lowest BCUT2D eigenvalue weighted by atomic mass is 10.2. The van der Waals surface area contributed by atoms with Crippen LogP contribution in [0.15, 0.2) is 71.5 Å². The van der Waals surface area contributed by atoms with Crippen LogP contribution in [0.5, 0.6) is 17.2 Å². The Morgan fingerprint density at radius 1 is 1.03 bits per heavy atom. The van der Waals surface area contributed by atoms with Crippen molar-refractivity contribution in [3.8, 4) is 22.9 Å². The molecule has 0 radical (unpaired) electrons. The fourth-order valence-electron chi connectivity index (χ4n) is 3.62. The average Bonchev–Trinajstić information content (AvgIpc) is 3.30. The van der Waals surface area contributed by atoms with Crippen molar-refractivity contribution in [3.05, 3.63) is 88.5 Å². The number of esters is 1. The Hall–Kier alpha value is -4.33. The van der Waals surface area contributed by atoms with Gasteiger partial charge >= 0.3 is 5.97 Å². The highest BCUT2D eigenvalue weighted by atomic mass is 16.7. The van der Waals surface area contributed by atoms with Crippen LogP contribution in [0, 0.1) is 6.92 Å². The number of nitrogens with zero attached hydrogens (tertiary/aromatic N) is 2. The second-order valence-electron chi connectivity index (χ2n) is 7.45. The van der Waals surface area contributed by atoms with Gasteiger partial charge in [0.1, 0.15) is 18.2 Å². The minimum atomic E-state index is -0.501. The van der Waals surface area contributed by atoms with Crippen LogP contribution in [0.2, 0.25) is 0 Å². The first-order valence-electron chi connectivity index (χ1n) is 10.3. The van der Waals surface area contributed by atoms with Crippen LogP contribution in [0.25, 0.3) is 16.6 Å². The molecule has 1 aliphatic heterocycles. The molecule has 3 aromatic carbocycles. The lowest BCUT2D eigenvalue weighted by Crippen LogP contribution is -2.22. The van der Waals surface area contributed by atoms with E-state index in [1.54, 1.807) is 43.3 Å². The summed E-state index contributed by atoms with van der Waals surface area (Å²) >= 11 is 0. The zero-order chi connectivity index (χ0) is 22.8. The van der Waals surface area contributed by atoms with E-state index in [1.165, 1.54) is 4.57 Å². The Morgan fingerprint density at radius 2 is 1.85 bits per heavy atom.